The number of benzene rings is 6. The van der Waals surface area contributed by atoms with Gasteiger partial charge in [0.05, 0.1) is 0 Å². The average molecular weight is 606 g/mol. The van der Waals surface area contributed by atoms with Gasteiger partial charge in [-0.15, -0.1) is 0 Å². The highest BCUT2D eigenvalue weighted by molar-refractivity contribution is 6.07. The predicted molar refractivity (Wildman–Crippen MR) is 188 cm³/mol. The van der Waals surface area contributed by atoms with Crippen molar-refractivity contribution < 1.29 is 8.83 Å². The molecule has 0 bridgehead atoms. The molecule has 0 fully saturated rings. The first-order valence-corrected chi connectivity index (χ1v) is 15.9. The van der Waals surface area contributed by atoms with Crippen LogP contribution in [0.3, 0.4) is 0 Å². The molecule has 1 aliphatic carbocycles. The molecule has 5 heteroatoms. The molecule has 0 spiro atoms. The molecule has 1 aliphatic rings. The maximum atomic E-state index is 6.14. The van der Waals surface area contributed by atoms with Gasteiger partial charge < -0.3 is 8.83 Å². The number of fused-ring (bicyclic) bond motifs is 9. The van der Waals surface area contributed by atoms with E-state index in [4.69, 9.17) is 23.8 Å². The summed E-state index contributed by atoms with van der Waals surface area (Å²) in [4.78, 5) is 15.5. The van der Waals surface area contributed by atoms with Crippen molar-refractivity contribution in [3.05, 3.63) is 139 Å². The molecule has 6 aromatic carbocycles. The van der Waals surface area contributed by atoms with Gasteiger partial charge >= 0.3 is 0 Å². The van der Waals surface area contributed by atoms with E-state index in [1.54, 1.807) is 0 Å². The van der Waals surface area contributed by atoms with E-state index in [9.17, 15) is 0 Å². The third-order valence-electron chi connectivity index (χ3n) is 9.75. The zero-order chi connectivity index (χ0) is 31.3. The van der Waals surface area contributed by atoms with Gasteiger partial charge in [0, 0.05) is 43.7 Å². The molecule has 0 aliphatic heterocycles. The molecular weight excluding hydrogens is 578 g/mol. The van der Waals surface area contributed by atoms with Crippen LogP contribution in [0.25, 0.3) is 89.2 Å². The van der Waals surface area contributed by atoms with Crippen LogP contribution in [0.4, 0.5) is 0 Å². The zero-order valence-corrected chi connectivity index (χ0v) is 25.8. The highest BCUT2D eigenvalue weighted by atomic mass is 16.3. The summed E-state index contributed by atoms with van der Waals surface area (Å²) < 4.78 is 12.3. The van der Waals surface area contributed by atoms with Crippen molar-refractivity contribution in [2.45, 2.75) is 19.3 Å². The van der Waals surface area contributed by atoms with Crippen LogP contribution >= 0.6 is 0 Å². The molecule has 5 nitrogen and oxygen atoms in total. The molecule has 3 aromatic heterocycles. The molecule has 0 saturated carbocycles. The lowest BCUT2D eigenvalue weighted by atomic mass is 9.82. The minimum absolute atomic E-state index is 0.138. The summed E-state index contributed by atoms with van der Waals surface area (Å²) >= 11 is 0. The Bertz CT molecular complexity index is 2600. The van der Waals surface area contributed by atoms with E-state index < -0.39 is 0 Å². The van der Waals surface area contributed by atoms with Crippen molar-refractivity contribution in [2.24, 2.45) is 0 Å². The van der Waals surface area contributed by atoms with Crippen molar-refractivity contribution in [2.75, 3.05) is 0 Å². The second-order valence-corrected chi connectivity index (χ2v) is 12.8. The maximum absolute atomic E-state index is 6.14. The largest absolute Gasteiger partial charge is 0.456 e. The van der Waals surface area contributed by atoms with Gasteiger partial charge in [-0.1, -0.05) is 92.7 Å². The van der Waals surface area contributed by atoms with Gasteiger partial charge in [0.15, 0.2) is 17.5 Å². The monoisotopic (exact) mass is 605 g/mol. The summed E-state index contributed by atoms with van der Waals surface area (Å²) in [6.07, 6.45) is 0. The number of para-hydroxylation sites is 2. The Kier molecular flexibility index (Phi) is 5.28. The number of nitrogens with zero attached hydrogens (tertiary/aromatic N) is 3. The van der Waals surface area contributed by atoms with E-state index in [-0.39, 0.29) is 5.41 Å². The predicted octanol–water partition coefficient (Wildman–Crippen LogP) is 11.0. The summed E-state index contributed by atoms with van der Waals surface area (Å²) in [6.45, 7) is 4.58. The van der Waals surface area contributed by atoms with Crippen molar-refractivity contribution in [3.8, 4) is 45.3 Å². The van der Waals surface area contributed by atoms with E-state index in [0.29, 0.717) is 17.5 Å². The van der Waals surface area contributed by atoms with Crippen LogP contribution in [0.1, 0.15) is 25.0 Å². The lowest BCUT2D eigenvalue weighted by Gasteiger charge is -2.21. The zero-order valence-electron chi connectivity index (χ0n) is 25.8. The Morgan fingerprint density at radius 3 is 1.55 bits per heavy atom. The lowest BCUT2D eigenvalue weighted by molar-refractivity contribution is 0.660. The van der Waals surface area contributed by atoms with Crippen LogP contribution in [0.5, 0.6) is 0 Å². The summed E-state index contributed by atoms with van der Waals surface area (Å²) in [6, 6.07) is 43.8. The fourth-order valence-electron chi connectivity index (χ4n) is 7.43. The first-order valence-electron chi connectivity index (χ1n) is 15.9. The lowest BCUT2D eigenvalue weighted by Crippen LogP contribution is -2.14. The maximum Gasteiger partial charge on any atom is 0.164 e. The Morgan fingerprint density at radius 1 is 0.426 bits per heavy atom. The normalized spacial score (nSPS) is 13.5. The van der Waals surface area contributed by atoms with E-state index in [1.807, 2.05) is 60.7 Å². The molecule has 222 valence electrons. The second-order valence-electron chi connectivity index (χ2n) is 12.8. The van der Waals surface area contributed by atoms with Crippen LogP contribution in [-0.2, 0) is 5.41 Å². The summed E-state index contributed by atoms with van der Waals surface area (Å²) in [5.74, 6) is 1.86. The van der Waals surface area contributed by atoms with Crippen molar-refractivity contribution in [1.82, 2.24) is 15.0 Å². The molecule has 0 saturated heterocycles. The summed E-state index contributed by atoms with van der Waals surface area (Å²) in [5, 5.41) is 4.19. The van der Waals surface area contributed by atoms with Crippen LogP contribution in [-0.4, -0.2) is 15.0 Å². The molecule has 9 aromatic rings. The highest BCUT2D eigenvalue weighted by Gasteiger charge is 2.37. The van der Waals surface area contributed by atoms with Crippen LogP contribution < -0.4 is 0 Å². The topological polar surface area (TPSA) is 65.0 Å². The molecule has 0 radical (unpaired) electrons. The third-order valence-corrected chi connectivity index (χ3v) is 9.75. The highest BCUT2D eigenvalue weighted by Crippen LogP contribution is 2.51. The first kappa shape index (κ1) is 26.2. The Labute approximate surface area is 270 Å². The van der Waals surface area contributed by atoms with Gasteiger partial charge in [-0.25, -0.2) is 15.0 Å². The van der Waals surface area contributed by atoms with E-state index in [2.05, 4.69) is 80.6 Å². The molecule has 3 heterocycles. The summed E-state index contributed by atoms with van der Waals surface area (Å²) in [7, 11) is 0. The van der Waals surface area contributed by atoms with Crippen molar-refractivity contribution in [3.63, 3.8) is 0 Å². The minimum atomic E-state index is -0.138. The quantitative estimate of drug-likeness (QED) is 0.200. The smallest absolute Gasteiger partial charge is 0.164 e. The number of hydrogen-bond acceptors (Lipinski definition) is 5. The summed E-state index contributed by atoms with van der Waals surface area (Å²) in [5.41, 5.74) is 11.0. The SMILES string of the molecule is CC1(C)c2ccccc2-c2c(-c3nc(-c4ccc5oc6ccccc6c5c4)nc(-c4ccc5oc6ccccc6c5c4)n3)cccc21. The van der Waals surface area contributed by atoms with Crippen molar-refractivity contribution >= 4 is 43.9 Å². The molecule has 0 amide bonds. The Hall–Kier alpha value is -6.07. The van der Waals surface area contributed by atoms with Gasteiger partial charge in [0.2, 0.25) is 0 Å². The molecule has 10 rings (SSSR count). The van der Waals surface area contributed by atoms with Gasteiger partial charge in [-0.3, -0.25) is 0 Å². The van der Waals surface area contributed by atoms with Crippen LogP contribution in [0, 0.1) is 0 Å². The molecular formula is C42H27N3O2. The first-order chi connectivity index (χ1) is 23.0. The van der Waals surface area contributed by atoms with Crippen molar-refractivity contribution in [1.29, 1.82) is 0 Å². The van der Waals surface area contributed by atoms with E-state index >= 15 is 0 Å². The molecule has 47 heavy (non-hydrogen) atoms. The van der Waals surface area contributed by atoms with Gasteiger partial charge in [0.1, 0.15) is 22.3 Å². The number of furan rings is 2. The minimum Gasteiger partial charge on any atom is -0.456 e. The Balaban J connectivity index is 1.24. The fraction of sp³-hybridized carbons (Fsp3) is 0.0714. The van der Waals surface area contributed by atoms with Gasteiger partial charge in [-0.05, 0) is 70.8 Å². The molecule has 0 unspecified atom stereocenters. The number of rotatable bonds is 3. The van der Waals surface area contributed by atoms with E-state index in [1.165, 1.54) is 22.3 Å². The Morgan fingerprint density at radius 2 is 0.915 bits per heavy atom. The molecule has 0 N–H and O–H groups in total. The van der Waals surface area contributed by atoms with Gasteiger partial charge in [-0.2, -0.15) is 0 Å². The second kappa shape index (κ2) is 9.47. The number of hydrogen-bond donors (Lipinski definition) is 0. The van der Waals surface area contributed by atoms with Gasteiger partial charge in [0.25, 0.3) is 0 Å². The van der Waals surface area contributed by atoms with Crippen LogP contribution in [0.15, 0.2) is 136 Å². The fourth-order valence-corrected chi connectivity index (χ4v) is 7.43. The number of aromatic nitrogens is 3. The third kappa shape index (κ3) is 3.80. The molecule has 0 atom stereocenters. The van der Waals surface area contributed by atoms with Crippen LogP contribution in [0.2, 0.25) is 0 Å². The average Bonchev–Trinajstić information content (AvgIpc) is 3.75. The van der Waals surface area contributed by atoms with E-state index in [0.717, 1.165) is 60.6 Å². The standard InChI is InChI=1S/C42H27N3O2/c1-42(2)32-14-6-3-12-28(32)38-29(13-9-15-33(38)42)41-44-39(24-18-20-36-30(22-24)26-10-4-7-16-34(26)46-36)43-40(45-41)25-19-21-37-31(23-25)27-11-5-8-17-35(27)47-37/h3-23H,1-2H3.